The van der Waals surface area contributed by atoms with Crippen LogP contribution in [0.15, 0.2) is 28.7 Å². The number of carbonyl (C=O) groups is 1. The van der Waals surface area contributed by atoms with E-state index in [4.69, 9.17) is 13.9 Å². The van der Waals surface area contributed by atoms with E-state index in [0.29, 0.717) is 47.8 Å². The second-order valence-corrected chi connectivity index (χ2v) is 8.42. The number of carbonyl (C=O) groups excluding carboxylic acids is 1. The molecule has 9 heteroatoms. The van der Waals surface area contributed by atoms with Crippen LogP contribution in [-0.4, -0.2) is 58.1 Å². The Kier molecular flexibility index (Phi) is 5.32. The molecule has 1 saturated carbocycles. The fourth-order valence-electron chi connectivity index (χ4n) is 4.21. The van der Waals surface area contributed by atoms with Crippen molar-refractivity contribution in [2.75, 3.05) is 27.3 Å². The predicted octanol–water partition coefficient (Wildman–Crippen LogP) is 3.38. The Labute approximate surface area is 186 Å². The lowest BCUT2D eigenvalue weighted by Crippen LogP contribution is -2.38. The summed E-state index contributed by atoms with van der Waals surface area (Å²) >= 11 is 0. The number of nitrogens with zero attached hydrogens (tertiary/aromatic N) is 5. The summed E-state index contributed by atoms with van der Waals surface area (Å²) in [5, 5.41) is 13.0. The van der Waals surface area contributed by atoms with E-state index in [2.05, 4.69) is 15.3 Å². The van der Waals surface area contributed by atoms with Gasteiger partial charge in [-0.05, 0) is 49.9 Å². The summed E-state index contributed by atoms with van der Waals surface area (Å²) in [4.78, 5) is 15.1. The third-order valence-corrected chi connectivity index (χ3v) is 6.30. The van der Waals surface area contributed by atoms with Crippen molar-refractivity contribution in [2.45, 2.75) is 37.5 Å². The highest BCUT2D eigenvalue weighted by atomic mass is 16.5. The fraction of sp³-hybridized carbons (Fsp3) is 0.478. The Morgan fingerprint density at radius 1 is 1.00 bits per heavy atom. The normalized spacial score (nSPS) is 16.9. The molecule has 1 saturated heterocycles. The maximum atomic E-state index is 13.2. The molecule has 3 heterocycles. The third kappa shape index (κ3) is 3.83. The molecule has 9 nitrogen and oxygen atoms in total. The fourth-order valence-corrected chi connectivity index (χ4v) is 4.21. The van der Waals surface area contributed by atoms with E-state index < -0.39 is 0 Å². The topological polar surface area (TPSA) is 95.5 Å². The van der Waals surface area contributed by atoms with Crippen molar-refractivity contribution >= 4 is 5.91 Å². The van der Waals surface area contributed by atoms with Gasteiger partial charge in [0.25, 0.3) is 5.91 Å². The summed E-state index contributed by atoms with van der Waals surface area (Å²) in [6.45, 7) is 1.29. The van der Waals surface area contributed by atoms with Gasteiger partial charge in [0, 0.05) is 37.5 Å². The summed E-state index contributed by atoms with van der Waals surface area (Å²) in [6.07, 6.45) is 3.91. The highest BCUT2D eigenvalue weighted by Gasteiger charge is 2.33. The minimum absolute atomic E-state index is 0.0317. The Balaban J connectivity index is 1.30. The predicted molar refractivity (Wildman–Crippen MR) is 116 cm³/mol. The van der Waals surface area contributed by atoms with Crippen LogP contribution in [0.1, 0.15) is 59.8 Å². The molecule has 1 aromatic carbocycles. The van der Waals surface area contributed by atoms with Gasteiger partial charge in [-0.2, -0.15) is 5.10 Å². The van der Waals surface area contributed by atoms with E-state index in [0.717, 1.165) is 37.1 Å². The number of ether oxygens (including phenoxy) is 2. The molecule has 5 rings (SSSR count). The molecule has 1 aliphatic carbocycles. The van der Waals surface area contributed by atoms with Gasteiger partial charge in [0.05, 0.1) is 19.9 Å². The van der Waals surface area contributed by atoms with Gasteiger partial charge in [0.2, 0.25) is 11.8 Å². The standard InChI is InChI=1S/C23H27N5O4/c1-27-19(13-18(26-27)17-12-16(30-2)6-7-20(17)31-3)23(29)28-10-8-15(9-11-28)22-25-24-21(32-22)14-4-5-14/h6-7,12-15H,4-5,8-11H2,1-3H3. The number of methoxy groups -OCH3 is 2. The largest absolute Gasteiger partial charge is 0.497 e. The number of benzene rings is 1. The quantitative estimate of drug-likeness (QED) is 0.583. The number of rotatable bonds is 6. The molecule has 0 spiro atoms. The van der Waals surface area contributed by atoms with Crippen molar-refractivity contribution in [3.8, 4) is 22.8 Å². The van der Waals surface area contributed by atoms with Gasteiger partial charge >= 0.3 is 0 Å². The minimum atomic E-state index is -0.0317. The third-order valence-electron chi connectivity index (χ3n) is 6.30. The molecule has 0 atom stereocenters. The van der Waals surface area contributed by atoms with E-state index in [1.54, 1.807) is 25.9 Å². The molecule has 1 aliphatic heterocycles. The van der Waals surface area contributed by atoms with E-state index in [9.17, 15) is 4.79 Å². The molecule has 32 heavy (non-hydrogen) atoms. The monoisotopic (exact) mass is 437 g/mol. The van der Waals surface area contributed by atoms with Gasteiger partial charge in [0.1, 0.15) is 17.2 Å². The summed E-state index contributed by atoms with van der Waals surface area (Å²) in [5.74, 6) is 3.50. The van der Waals surface area contributed by atoms with Crippen molar-refractivity contribution in [2.24, 2.45) is 7.05 Å². The van der Waals surface area contributed by atoms with Gasteiger partial charge in [0.15, 0.2) is 0 Å². The smallest absolute Gasteiger partial charge is 0.272 e. The molecular formula is C23H27N5O4. The summed E-state index contributed by atoms with van der Waals surface area (Å²) in [6, 6.07) is 7.34. The summed E-state index contributed by atoms with van der Waals surface area (Å²) < 4.78 is 18.3. The molecule has 0 radical (unpaired) electrons. The van der Waals surface area contributed by atoms with Crippen LogP contribution in [0.2, 0.25) is 0 Å². The van der Waals surface area contributed by atoms with E-state index >= 15 is 0 Å². The van der Waals surface area contributed by atoms with Gasteiger partial charge in [-0.3, -0.25) is 9.48 Å². The molecule has 2 fully saturated rings. The molecule has 2 aliphatic rings. The lowest BCUT2D eigenvalue weighted by atomic mass is 9.96. The van der Waals surface area contributed by atoms with Crippen LogP contribution < -0.4 is 9.47 Å². The Hall–Kier alpha value is -3.36. The molecule has 0 N–H and O–H groups in total. The number of aryl methyl sites for hydroxylation is 1. The Bertz CT molecular complexity index is 1130. The molecular weight excluding hydrogens is 410 g/mol. The average molecular weight is 438 g/mol. The number of piperidine rings is 1. The highest BCUT2D eigenvalue weighted by Crippen LogP contribution is 2.40. The van der Waals surface area contributed by atoms with Crippen LogP contribution in [0.5, 0.6) is 11.5 Å². The molecule has 0 bridgehead atoms. The van der Waals surface area contributed by atoms with Crippen LogP contribution in [0, 0.1) is 0 Å². The zero-order valence-corrected chi connectivity index (χ0v) is 18.6. The lowest BCUT2D eigenvalue weighted by Gasteiger charge is -2.30. The average Bonchev–Trinajstić information content (AvgIpc) is 3.43. The summed E-state index contributed by atoms with van der Waals surface area (Å²) in [7, 11) is 5.01. The van der Waals surface area contributed by atoms with Crippen LogP contribution in [0.3, 0.4) is 0 Å². The Morgan fingerprint density at radius 2 is 1.69 bits per heavy atom. The van der Waals surface area contributed by atoms with Crippen molar-refractivity contribution < 1.29 is 18.7 Å². The second-order valence-electron chi connectivity index (χ2n) is 8.42. The minimum Gasteiger partial charge on any atom is -0.497 e. The first-order valence-corrected chi connectivity index (χ1v) is 11.0. The molecule has 3 aromatic rings. The van der Waals surface area contributed by atoms with Crippen molar-refractivity contribution in [1.82, 2.24) is 24.9 Å². The molecule has 1 amide bonds. The van der Waals surface area contributed by atoms with Gasteiger partial charge in [-0.15, -0.1) is 10.2 Å². The number of likely N-dealkylation sites (tertiary alicyclic amines) is 1. The van der Waals surface area contributed by atoms with Crippen LogP contribution in [0.25, 0.3) is 11.3 Å². The summed E-state index contributed by atoms with van der Waals surface area (Å²) in [5.41, 5.74) is 1.99. The zero-order chi connectivity index (χ0) is 22.2. The van der Waals surface area contributed by atoms with Crippen molar-refractivity contribution in [3.05, 3.63) is 41.7 Å². The molecule has 168 valence electrons. The van der Waals surface area contributed by atoms with Crippen LogP contribution in [0.4, 0.5) is 0 Å². The van der Waals surface area contributed by atoms with Crippen molar-refractivity contribution in [3.63, 3.8) is 0 Å². The number of amides is 1. The lowest BCUT2D eigenvalue weighted by molar-refractivity contribution is 0.0695. The molecule has 0 unspecified atom stereocenters. The maximum Gasteiger partial charge on any atom is 0.272 e. The van der Waals surface area contributed by atoms with Gasteiger partial charge in [-0.1, -0.05) is 0 Å². The zero-order valence-electron chi connectivity index (χ0n) is 18.6. The van der Waals surface area contributed by atoms with E-state index in [1.807, 2.05) is 29.2 Å². The first kappa shape index (κ1) is 20.5. The van der Waals surface area contributed by atoms with Gasteiger partial charge < -0.3 is 18.8 Å². The Morgan fingerprint density at radius 3 is 2.31 bits per heavy atom. The SMILES string of the molecule is COc1ccc(OC)c(-c2cc(C(=O)N3CCC(c4nnc(C5CC5)o4)CC3)n(C)n2)c1. The van der Waals surface area contributed by atoms with E-state index in [-0.39, 0.29) is 11.8 Å². The van der Waals surface area contributed by atoms with Crippen LogP contribution >= 0.6 is 0 Å². The van der Waals surface area contributed by atoms with Gasteiger partial charge in [-0.25, -0.2) is 0 Å². The highest BCUT2D eigenvalue weighted by molar-refractivity contribution is 5.94. The van der Waals surface area contributed by atoms with E-state index in [1.165, 1.54) is 0 Å². The molecule has 2 aromatic heterocycles. The van der Waals surface area contributed by atoms with Crippen molar-refractivity contribution in [1.29, 1.82) is 0 Å². The number of hydrogen-bond acceptors (Lipinski definition) is 7. The number of hydrogen-bond donors (Lipinski definition) is 0. The maximum absolute atomic E-state index is 13.2. The second kappa shape index (κ2) is 8.29. The first-order chi connectivity index (χ1) is 15.6. The van der Waals surface area contributed by atoms with Crippen LogP contribution in [-0.2, 0) is 7.05 Å². The first-order valence-electron chi connectivity index (χ1n) is 11.0. The number of aromatic nitrogens is 4.